The molecule has 0 aromatic carbocycles. The molecule has 0 fully saturated rings. The first-order chi connectivity index (χ1) is 8.32. The summed E-state index contributed by atoms with van der Waals surface area (Å²) in [6.45, 7) is 2.45. The number of aryl methyl sites for hydroxylation is 1. The highest BCUT2D eigenvalue weighted by Gasteiger charge is 2.43. The third kappa shape index (κ3) is 4.27. The van der Waals surface area contributed by atoms with Crippen molar-refractivity contribution in [2.45, 2.75) is 38.6 Å². The van der Waals surface area contributed by atoms with Crippen LogP contribution in [0.2, 0.25) is 0 Å². The molecule has 0 aliphatic carbocycles. The van der Waals surface area contributed by atoms with Gasteiger partial charge in [-0.2, -0.15) is 18.3 Å². The highest BCUT2D eigenvalue weighted by Crippen LogP contribution is 2.27. The van der Waals surface area contributed by atoms with Crippen LogP contribution >= 0.6 is 0 Å². The van der Waals surface area contributed by atoms with Gasteiger partial charge in [0.1, 0.15) is 0 Å². The van der Waals surface area contributed by atoms with Crippen molar-refractivity contribution in [3.63, 3.8) is 0 Å². The summed E-state index contributed by atoms with van der Waals surface area (Å²) in [6.07, 6.45) is -5.01. The molecule has 1 unspecified atom stereocenters. The zero-order valence-corrected chi connectivity index (χ0v) is 9.65. The van der Waals surface area contributed by atoms with Crippen LogP contribution in [0.3, 0.4) is 0 Å². The minimum absolute atomic E-state index is 0.0907. The highest BCUT2D eigenvalue weighted by atomic mass is 19.4. The van der Waals surface area contributed by atoms with E-state index in [1.807, 2.05) is 6.92 Å². The average Bonchev–Trinajstić information content (AvgIpc) is 2.63. The number of ether oxygens (including phenoxy) is 1. The number of nitrogens with zero attached hydrogens (tertiary/aromatic N) is 2. The van der Waals surface area contributed by atoms with Gasteiger partial charge in [-0.05, 0) is 6.42 Å². The Bertz CT molecular complexity index is 403. The van der Waals surface area contributed by atoms with E-state index in [2.05, 4.69) is 9.84 Å². The van der Waals surface area contributed by atoms with Crippen molar-refractivity contribution in [2.75, 3.05) is 0 Å². The van der Waals surface area contributed by atoms with E-state index in [4.69, 9.17) is 5.11 Å². The number of halogens is 3. The first-order valence-electron chi connectivity index (χ1n) is 5.30. The lowest BCUT2D eigenvalue weighted by Gasteiger charge is -2.18. The molecule has 0 radical (unpaired) electrons. The summed E-state index contributed by atoms with van der Waals surface area (Å²) in [7, 11) is 0. The van der Waals surface area contributed by atoms with Crippen molar-refractivity contribution in [2.24, 2.45) is 0 Å². The van der Waals surface area contributed by atoms with E-state index in [9.17, 15) is 18.0 Å². The van der Waals surface area contributed by atoms with Gasteiger partial charge >= 0.3 is 12.1 Å². The molecule has 1 aromatic heterocycles. The number of carbonyl (C=O) groups is 1. The monoisotopic (exact) mass is 266 g/mol. The molecule has 5 nitrogen and oxygen atoms in total. The van der Waals surface area contributed by atoms with Gasteiger partial charge in [0, 0.05) is 6.54 Å². The molecule has 0 aliphatic heterocycles. The summed E-state index contributed by atoms with van der Waals surface area (Å²) >= 11 is 0. The standard InChI is InChI=1S/C10H13F3N2O3/c1-2-3-15-6-7(5-14-15)18-8(4-9(16)17)10(11,12)13/h5-6,8H,2-4H2,1H3,(H,16,17). The molecule has 0 amide bonds. The molecule has 0 aliphatic rings. The van der Waals surface area contributed by atoms with Gasteiger partial charge in [0.2, 0.25) is 6.10 Å². The minimum Gasteiger partial charge on any atom is -0.481 e. The smallest absolute Gasteiger partial charge is 0.426 e. The third-order valence-electron chi connectivity index (χ3n) is 2.07. The lowest BCUT2D eigenvalue weighted by molar-refractivity contribution is -0.200. The van der Waals surface area contributed by atoms with Crippen LogP contribution in [0.15, 0.2) is 12.4 Å². The van der Waals surface area contributed by atoms with Crippen LogP contribution in [-0.4, -0.2) is 33.1 Å². The molecule has 18 heavy (non-hydrogen) atoms. The van der Waals surface area contributed by atoms with Crippen LogP contribution in [0, 0.1) is 0 Å². The van der Waals surface area contributed by atoms with E-state index < -0.39 is 24.7 Å². The van der Waals surface area contributed by atoms with Gasteiger partial charge < -0.3 is 9.84 Å². The van der Waals surface area contributed by atoms with Crippen LogP contribution in [0.5, 0.6) is 5.75 Å². The normalized spacial score (nSPS) is 13.3. The molecule has 1 heterocycles. The van der Waals surface area contributed by atoms with Crippen molar-refractivity contribution in [3.8, 4) is 5.75 Å². The predicted octanol–water partition coefficient (Wildman–Crippen LogP) is 2.08. The third-order valence-corrected chi connectivity index (χ3v) is 2.07. The van der Waals surface area contributed by atoms with E-state index in [-0.39, 0.29) is 5.75 Å². The van der Waals surface area contributed by atoms with Crippen LogP contribution < -0.4 is 4.74 Å². The minimum atomic E-state index is -4.73. The number of carboxylic acids is 1. The molecule has 0 spiro atoms. The fourth-order valence-electron chi connectivity index (χ4n) is 1.30. The topological polar surface area (TPSA) is 64.3 Å². The molecule has 8 heteroatoms. The molecular weight excluding hydrogens is 253 g/mol. The zero-order valence-electron chi connectivity index (χ0n) is 9.65. The number of aliphatic carboxylic acids is 1. The Balaban J connectivity index is 2.72. The molecule has 1 aromatic rings. The Kier molecular flexibility index (Phi) is 4.57. The van der Waals surface area contributed by atoms with Gasteiger partial charge in [-0.15, -0.1) is 0 Å². The summed E-state index contributed by atoms with van der Waals surface area (Å²) < 4.78 is 43.6. The fraction of sp³-hybridized carbons (Fsp3) is 0.600. The molecule has 0 saturated heterocycles. The van der Waals surface area contributed by atoms with Crippen LogP contribution in [-0.2, 0) is 11.3 Å². The Hall–Kier alpha value is -1.73. The molecular formula is C10H13F3N2O3. The Morgan fingerprint density at radius 2 is 2.28 bits per heavy atom. The number of rotatable bonds is 6. The lowest BCUT2D eigenvalue weighted by Crippen LogP contribution is -2.36. The molecule has 1 N–H and O–H groups in total. The Morgan fingerprint density at radius 1 is 1.61 bits per heavy atom. The van der Waals surface area contributed by atoms with Crippen molar-refractivity contribution in [3.05, 3.63) is 12.4 Å². The quantitative estimate of drug-likeness (QED) is 0.856. The summed E-state index contributed by atoms with van der Waals surface area (Å²) in [4.78, 5) is 10.4. The first-order valence-corrected chi connectivity index (χ1v) is 5.30. The highest BCUT2D eigenvalue weighted by molar-refractivity contribution is 5.67. The summed E-state index contributed by atoms with van der Waals surface area (Å²) in [6, 6.07) is 0. The molecule has 1 atom stereocenters. The van der Waals surface area contributed by atoms with Gasteiger partial charge in [-0.3, -0.25) is 9.48 Å². The van der Waals surface area contributed by atoms with E-state index in [0.717, 1.165) is 12.6 Å². The van der Waals surface area contributed by atoms with E-state index in [0.29, 0.717) is 6.54 Å². The number of aromatic nitrogens is 2. The lowest BCUT2D eigenvalue weighted by atomic mass is 10.2. The summed E-state index contributed by atoms with van der Waals surface area (Å²) in [5.74, 6) is -1.66. The SMILES string of the molecule is CCCn1cc(OC(CC(=O)O)C(F)(F)F)cn1. The maximum Gasteiger partial charge on any atom is 0.426 e. The maximum absolute atomic E-state index is 12.5. The average molecular weight is 266 g/mol. The van der Waals surface area contributed by atoms with Gasteiger partial charge in [-0.25, -0.2) is 0 Å². The number of carboxylic acid groups (broad SMARTS) is 1. The van der Waals surface area contributed by atoms with Crippen molar-refractivity contribution in [1.29, 1.82) is 0 Å². The largest absolute Gasteiger partial charge is 0.481 e. The van der Waals surface area contributed by atoms with Crippen LogP contribution in [0.25, 0.3) is 0 Å². The van der Waals surface area contributed by atoms with Crippen molar-refractivity contribution in [1.82, 2.24) is 9.78 Å². The number of hydrogen-bond donors (Lipinski definition) is 1. The molecule has 0 saturated carbocycles. The van der Waals surface area contributed by atoms with Gasteiger partial charge in [-0.1, -0.05) is 6.92 Å². The fourth-order valence-corrected chi connectivity index (χ4v) is 1.30. The summed E-state index contributed by atoms with van der Waals surface area (Å²) in [5, 5.41) is 12.2. The van der Waals surface area contributed by atoms with E-state index in [1.165, 1.54) is 10.9 Å². The van der Waals surface area contributed by atoms with Gasteiger partial charge in [0.15, 0.2) is 5.75 Å². The van der Waals surface area contributed by atoms with Crippen molar-refractivity contribution < 1.29 is 27.8 Å². The predicted molar refractivity (Wildman–Crippen MR) is 55.2 cm³/mol. The van der Waals surface area contributed by atoms with Crippen molar-refractivity contribution >= 4 is 5.97 Å². The number of hydrogen-bond acceptors (Lipinski definition) is 3. The maximum atomic E-state index is 12.5. The second-order valence-corrected chi connectivity index (χ2v) is 3.69. The zero-order chi connectivity index (χ0) is 13.8. The molecule has 102 valence electrons. The van der Waals surface area contributed by atoms with Gasteiger partial charge in [0.05, 0.1) is 18.8 Å². The Morgan fingerprint density at radius 3 is 2.78 bits per heavy atom. The Labute approximate surface area is 101 Å². The molecule has 0 bridgehead atoms. The van der Waals surface area contributed by atoms with E-state index in [1.54, 1.807) is 0 Å². The number of alkyl halides is 3. The summed E-state index contributed by atoms with van der Waals surface area (Å²) in [5.41, 5.74) is 0. The van der Waals surface area contributed by atoms with Crippen LogP contribution in [0.1, 0.15) is 19.8 Å². The second-order valence-electron chi connectivity index (χ2n) is 3.69. The van der Waals surface area contributed by atoms with E-state index >= 15 is 0 Å². The molecule has 1 rings (SSSR count). The van der Waals surface area contributed by atoms with Gasteiger partial charge in [0.25, 0.3) is 0 Å². The van der Waals surface area contributed by atoms with Crippen LogP contribution in [0.4, 0.5) is 13.2 Å². The first kappa shape index (κ1) is 14.3. The second kappa shape index (κ2) is 5.74.